The van der Waals surface area contributed by atoms with Gasteiger partial charge in [0.05, 0.1) is 6.20 Å². The number of halogens is 1. The van der Waals surface area contributed by atoms with Crippen LogP contribution in [0.1, 0.15) is 0 Å². The number of aromatic nitrogens is 3. The van der Waals surface area contributed by atoms with E-state index in [1.54, 1.807) is 19.3 Å². The van der Waals surface area contributed by atoms with Crippen molar-refractivity contribution in [3.63, 3.8) is 0 Å². The number of hydrogen-bond donors (Lipinski definition) is 0. The molecule has 24 heavy (non-hydrogen) atoms. The fraction of sp³-hybridized carbons (Fsp3) is 0.467. The third kappa shape index (κ3) is 2.48. The van der Waals surface area contributed by atoms with Gasteiger partial charge in [-0.2, -0.15) is 4.31 Å². The third-order valence-electron chi connectivity index (χ3n) is 4.84. The lowest BCUT2D eigenvalue weighted by atomic mass is 10.0. The number of aryl methyl sites for hydroxylation is 1. The first-order valence-corrected chi connectivity index (χ1v) is 9.23. The van der Waals surface area contributed by atoms with Crippen LogP contribution < -0.4 is 4.90 Å². The highest BCUT2D eigenvalue weighted by molar-refractivity contribution is 7.89. The molecule has 0 radical (unpaired) electrons. The molecule has 2 saturated heterocycles. The zero-order valence-corrected chi connectivity index (χ0v) is 14.0. The summed E-state index contributed by atoms with van der Waals surface area (Å²) in [5.41, 5.74) is 0. The van der Waals surface area contributed by atoms with Crippen LogP contribution >= 0.6 is 0 Å². The molecule has 4 heterocycles. The second-order valence-corrected chi connectivity index (χ2v) is 8.23. The number of sulfonamides is 1. The fourth-order valence-corrected chi connectivity index (χ4v) is 5.23. The van der Waals surface area contributed by atoms with E-state index in [9.17, 15) is 12.8 Å². The predicted molar refractivity (Wildman–Crippen MR) is 85.4 cm³/mol. The summed E-state index contributed by atoms with van der Waals surface area (Å²) in [5.74, 6) is 0.897. The number of rotatable bonds is 3. The summed E-state index contributed by atoms with van der Waals surface area (Å²) in [6.45, 7) is 2.43. The molecule has 2 atom stereocenters. The van der Waals surface area contributed by atoms with Crippen LogP contribution in [0.5, 0.6) is 0 Å². The van der Waals surface area contributed by atoms with E-state index in [0.717, 1.165) is 18.9 Å². The first kappa shape index (κ1) is 15.5. The Hall–Kier alpha value is -2.00. The van der Waals surface area contributed by atoms with Crippen molar-refractivity contribution in [2.24, 2.45) is 18.9 Å². The first-order chi connectivity index (χ1) is 11.4. The number of imidazole rings is 1. The molecule has 2 aliphatic heterocycles. The molecule has 0 amide bonds. The van der Waals surface area contributed by atoms with Crippen molar-refractivity contribution in [3.05, 3.63) is 36.5 Å². The van der Waals surface area contributed by atoms with Crippen molar-refractivity contribution in [1.82, 2.24) is 18.8 Å². The summed E-state index contributed by atoms with van der Waals surface area (Å²) in [6.07, 6.45) is 4.33. The molecule has 4 rings (SSSR count). The number of nitrogens with zero attached hydrogens (tertiary/aromatic N) is 5. The fourth-order valence-electron chi connectivity index (χ4n) is 3.60. The molecular weight excluding hydrogens is 333 g/mol. The number of pyridine rings is 1. The van der Waals surface area contributed by atoms with E-state index in [1.165, 1.54) is 27.3 Å². The molecule has 0 aromatic carbocycles. The van der Waals surface area contributed by atoms with E-state index in [0.29, 0.717) is 13.1 Å². The van der Waals surface area contributed by atoms with Crippen LogP contribution in [-0.2, 0) is 17.1 Å². The Morgan fingerprint density at radius 1 is 1.12 bits per heavy atom. The highest BCUT2D eigenvalue weighted by atomic mass is 32.2. The van der Waals surface area contributed by atoms with Gasteiger partial charge in [0.15, 0.2) is 0 Å². The molecule has 0 bridgehead atoms. The Morgan fingerprint density at radius 2 is 1.83 bits per heavy atom. The van der Waals surface area contributed by atoms with E-state index in [-0.39, 0.29) is 22.8 Å². The Kier molecular flexibility index (Phi) is 3.57. The Bertz CT molecular complexity index is 837. The van der Waals surface area contributed by atoms with Crippen LogP contribution in [0.15, 0.2) is 35.9 Å². The summed E-state index contributed by atoms with van der Waals surface area (Å²) >= 11 is 0. The lowest BCUT2D eigenvalue weighted by Crippen LogP contribution is -2.34. The van der Waals surface area contributed by atoms with Gasteiger partial charge in [0, 0.05) is 45.6 Å². The normalized spacial score (nSPS) is 24.5. The van der Waals surface area contributed by atoms with Gasteiger partial charge >= 0.3 is 0 Å². The van der Waals surface area contributed by atoms with Gasteiger partial charge in [0.25, 0.3) is 10.0 Å². The van der Waals surface area contributed by atoms with Crippen LogP contribution in [0, 0.1) is 17.7 Å². The van der Waals surface area contributed by atoms with Crippen molar-refractivity contribution in [1.29, 1.82) is 0 Å². The molecule has 2 aromatic rings. The first-order valence-electron chi connectivity index (χ1n) is 7.79. The molecule has 2 unspecified atom stereocenters. The summed E-state index contributed by atoms with van der Waals surface area (Å²) in [4.78, 5) is 10.2. The van der Waals surface area contributed by atoms with Crippen LogP contribution in [0.4, 0.5) is 10.2 Å². The molecule has 2 aromatic heterocycles. The molecule has 0 spiro atoms. The van der Waals surface area contributed by atoms with E-state index >= 15 is 0 Å². The van der Waals surface area contributed by atoms with Crippen LogP contribution in [0.25, 0.3) is 0 Å². The minimum Gasteiger partial charge on any atom is -0.356 e. The molecule has 9 heteroatoms. The largest absolute Gasteiger partial charge is 0.356 e. The average molecular weight is 351 g/mol. The molecule has 0 aliphatic carbocycles. The average Bonchev–Trinajstić information content (AvgIpc) is 3.21. The minimum atomic E-state index is -3.55. The smallest absolute Gasteiger partial charge is 0.277 e. The molecule has 2 aliphatic rings. The standard InChI is InChI=1S/C15H18FN5O2S/c1-19-5-4-17-15(19)24(22,23)21-9-11-7-20(8-12(11)10-21)14-3-2-13(16)6-18-14/h2-6,11-12H,7-10H2,1H3. The number of hydrogen-bond acceptors (Lipinski definition) is 5. The van der Waals surface area contributed by atoms with Crippen molar-refractivity contribution in [2.75, 3.05) is 31.1 Å². The summed E-state index contributed by atoms with van der Waals surface area (Å²) in [7, 11) is -1.88. The summed E-state index contributed by atoms with van der Waals surface area (Å²) in [6, 6.07) is 3.06. The molecule has 2 fully saturated rings. The second kappa shape index (κ2) is 5.52. The van der Waals surface area contributed by atoms with Gasteiger partial charge in [-0.25, -0.2) is 22.8 Å². The summed E-state index contributed by atoms with van der Waals surface area (Å²) < 4.78 is 41.5. The van der Waals surface area contributed by atoms with Gasteiger partial charge in [-0.15, -0.1) is 0 Å². The summed E-state index contributed by atoms with van der Waals surface area (Å²) in [5, 5.41) is 0.0829. The van der Waals surface area contributed by atoms with Crippen LogP contribution in [0.3, 0.4) is 0 Å². The van der Waals surface area contributed by atoms with E-state index < -0.39 is 10.0 Å². The lowest BCUT2D eigenvalue weighted by molar-refractivity contribution is 0.444. The number of fused-ring (bicyclic) bond motifs is 1. The minimum absolute atomic E-state index is 0.0829. The van der Waals surface area contributed by atoms with Gasteiger partial charge in [-0.1, -0.05) is 0 Å². The molecule has 7 nitrogen and oxygen atoms in total. The van der Waals surface area contributed by atoms with Gasteiger partial charge in [0.2, 0.25) is 5.16 Å². The van der Waals surface area contributed by atoms with Crippen molar-refractivity contribution >= 4 is 15.8 Å². The maximum atomic E-state index is 13.0. The maximum Gasteiger partial charge on any atom is 0.277 e. The van der Waals surface area contributed by atoms with E-state index in [2.05, 4.69) is 14.9 Å². The SMILES string of the molecule is Cn1ccnc1S(=O)(=O)N1CC2CN(c3ccc(F)cn3)CC2C1. The Labute approximate surface area is 139 Å². The molecule has 128 valence electrons. The Balaban J connectivity index is 1.48. The van der Waals surface area contributed by atoms with Crippen molar-refractivity contribution < 1.29 is 12.8 Å². The number of anilines is 1. The van der Waals surface area contributed by atoms with Gasteiger partial charge < -0.3 is 9.47 Å². The Morgan fingerprint density at radius 3 is 2.38 bits per heavy atom. The monoisotopic (exact) mass is 351 g/mol. The van der Waals surface area contributed by atoms with E-state index in [4.69, 9.17) is 0 Å². The zero-order valence-electron chi connectivity index (χ0n) is 13.2. The second-order valence-electron chi connectivity index (χ2n) is 6.40. The highest BCUT2D eigenvalue weighted by Crippen LogP contribution is 2.35. The molecule has 0 saturated carbocycles. The third-order valence-corrected chi connectivity index (χ3v) is 6.67. The van der Waals surface area contributed by atoms with Crippen molar-refractivity contribution in [3.8, 4) is 0 Å². The molecular formula is C15H18FN5O2S. The van der Waals surface area contributed by atoms with Crippen LogP contribution in [-0.4, -0.2) is 53.4 Å². The van der Waals surface area contributed by atoms with Crippen LogP contribution in [0.2, 0.25) is 0 Å². The van der Waals surface area contributed by atoms with Gasteiger partial charge in [-0.05, 0) is 24.0 Å². The predicted octanol–water partition coefficient (Wildman–Crippen LogP) is 0.711. The van der Waals surface area contributed by atoms with Gasteiger partial charge in [0.1, 0.15) is 11.6 Å². The molecule has 0 N–H and O–H groups in total. The van der Waals surface area contributed by atoms with E-state index in [1.807, 2.05) is 0 Å². The highest BCUT2D eigenvalue weighted by Gasteiger charge is 2.45. The topological polar surface area (TPSA) is 71.3 Å². The quantitative estimate of drug-likeness (QED) is 0.815. The lowest BCUT2D eigenvalue weighted by Gasteiger charge is -2.21. The van der Waals surface area contributed by atoms with Crippen molar-refractivity contribution in [2.45, 2.75) is 5.16 Å². The van der Waals surface area contributed by atoms with Gasteiger partial charge in [-0.3, -0.25) is 0 Å². The zero-order chi connectivity index (χ0) is 16.9. The maximum absolute atomic E-state index is 13.0.